The number of carbonyl (C=O) groups is 2. The number of nitrogens with zero attached hydrogens (tertiary/aromatic N) is 1. The number of rotatable bonds is 5. The minimum atomic E-state index is -0.893. The van der Waals surface area contributed by atoms with Gasteiger partial charge >= 0.3 is 5.97 Å². The molecule has 1 amide bonds. The number of carboxylic acid groups (broad SMARTS) is 1. The number of furan rings is 1. The highest BCUT2D eigenvalue weighted by Crippen LogP contribution is 2.31. The minimum absolute atomic E-state index is 0.151. The molecule has 1 aromatic heterocycles. The maximum Gasteiger partial charge on any atom is 0.308 e. The molecule has 6 heteroatoms. The highest BCUT2D eigenvalue weighted by Gasteiger charge is 2.36. The highest BCUT2D eigenvalue weighted by atomic mass is 79.9. The van der Waals surface area contributed by atoms with Gasteiger partial charge in [-0.05, 0) is 41.8 Å². The van der Waals surface area contributed by atoms with Crippen LogP contribution in [0.25, 0.3) is 0 Å². The third-order valence-electron chi connectivity index (χ3n) is 3.22. The average molecular weight is 330 g/mol. The van der Waals surface area contributed by atoms with Crippen molar-refractivity contribution in [1.82, 2.24) is 4.90 Å². The fraction of sp³-hybridized carbons (Fsp3) is 0.538. The van der Waals surface area contributed by atoms with Gasteiger partial charge in [0.2, 0.25) is 0 Å². The third-order valence-corrected chi connectivity index (χ3v) is 3.61. The summed E-state index contributed by atoms with van der Waals surface area (Å²) in [5, 5.41) is 8.98. The van der Waals surface area contributed by atoms with Gasteiger partial charge in [0.05, 0.1) is 5.92 Å². The Labute approximate surface area is 119 Å². The van der Waals surface area contributed by atoms with Crippen LogP contribution >= 0.6 is 15.9 Å². The summed E-state index contributed by atoms with van der Waals surface area (Å²) in [6.45, 7) is 3.62. The summed E-state index contributed by atoms with van der Waals surface area (Å²) in [6.07, 6.45) is 1.86. The Balaban J connectivity index is 2.17. The Bertz CT molecular complexity index is 507. The van der Waals surface area contributed by atoms with Crippen LogP contribution in [0.5, 0.6) is 0 Å². The second-order valence-electron chi connectivity index (χ2n) is 4.99. The molecule has 1 atom stereocenters. The van der Waals surface area contributed by atoms with Gasteiger partial charge in [-0.1, -0.05) is 6.92 Å². The second-order valence-corrected chi connectivity index (χ2v) is 5.77. The first-order chi connectivity index (χ1) is 8.90. The first-order valence-electron chi connectivity index (χ1n) is 6.20. The van der Waals surface area contributed by atoms with Crippen LogP contribution in [0.3, 0.4) is 0 Å². The van der Waals surface area contributed by atoms with Crippen molar-refractivity contribution < 1.29 is 19.1 Å². The number of hydrogen-bond acceptors (Lipinski definition) is 3. The largest absolute Gasteiger partial charge is 0.481 e. The molecule has 1 saturated carbocycles. The summed E-state index contributed by atoms with van der Waals surface area (Å²) in [5.74, 6) is -1.41. The van der Waals surface area contributed by atoms with Crippen molar-refractivity contribution in [3.63, 3.8) is 0 Å². The lowest BCUT2D eigenvalue weighted by atomic mass is 10.1. The van der Waals surface area contributed by atoms with E-state index in [4.69, 9.17) is 9.52 Å². The van der Waals surface area contributed by atoms with E-state index in [1.54, 1.807) is 24.8 Å². The van der Waals surface area contributed by atoms with Crippen LogP contribution in [0, 0.1) is 12.8 Å². The average Bonchev–Trinajstić information content (AvgIpc) is 3.10. The Morgan fingerprint density at radius 1 is 1.58 bits per heavy atom. The quantitative estimate of drug-likeness (QED) is 0.901. The zero-order valence-corrected chi connectivity index (χ0v) is 12.4. The van der Waals surface area contributed by atoms with Crippen LogP contribution < -0.4 is 0 Å². The van der Waals surface area contributed by atoms with Gasteiger partial charge in [-0.2, -0.15) is 0 Å². The summed E-state index contributed by atoms with van der Waals surface area (Å²) < 4.78 is 5.86. The molecule has 0 spiro atoms. The molecule has 0 saturated heterocycles. The van der Waals surface area contributed by atoms with Gasteiger partial charge in [-0.15, -0.1) is 0 Å². The Morgan fingerprint density at radius 2 is 2.21 bits per heavy atom. The van der Waals surface area contributed by atoms with Gasteiger partial charge in [0, 0.05) is 18.2 Å². The molecular weight excluding hydrogens is 314 g/mol. The topological polar surface area (TPSA) is 70.8 Å². The maximum atomic E-state index is 12.4. The molecule has 104 valence electrons. The fourth-order valence-electron chi connectivity index (χ4n) is 1.94. The Hall–Kier alpha value is -1.30. The van der Waals surface area contributed by atoms with Crippen molar-refractivity contribution in [3.8, 4) is 0 Å². The van der Waals surface area contributed by atoms with E-state index in [-0.39, 0.29) is 24.3 Å². The number of carbonyl (C=O) groups excluding carboxylic acids is 1. The third kappa shape index (κ3) is 3.18. The monoisotopic (exact) mass is 329 g/mol. The van der Waals surface area contributed by atoms with Crippen molar-refractivity contribution in [2.24, 2.45) is 5.92 Å². The van der Waals surface area contributed by atoms with Crippen LogP contribution in [0.1, 0.15) is 35.9 Å². The second kappa shape index (κ2) is 5.36. The van der Waals surface area contributed by atoms with Crippen molar-refractivity contribution in [1.29, 1.82) is 0 Å². The summed E-state index contributed by atoms with van der Waals surface area (Å²) in [5.41, 5.74) is 0.755. The molecule has 1 unspecified atom stereocenters. The Morgan fingerprint density at radius 3 is 2.63 bits per heavy atom. The van der Waals surface area contributed by atoms with Crippen LogP contribution in [-0.2, 0) is 4.79 Å². The lowest BCUT2D eigenvalue weighted by molar-refractivity contribution is -0.141. The van der Waals surface area contributed by atoms with Gasteiger partial charge in [0.15, 0.2) is 10.4 Å². The molecule has 1 heterocycles. The summed E-state index contributed by atoms with van der Waals surface area (Å²) >= 11 is 3.20. The Kier molecular flexibility index (Phi) is 3.99. The van der Waals surface area contributed by atoms with E-state index >= 15 is 0 Å². The molecule has 5 nitrogen and oxygen atoms in total. The number of hydrogen-bond donors (Lipinski definition) is 1. The van der Waals surface area contributed by atoms with Crippen LogP contribution in [0.15, 0.2) is 15.2 Å². The van der Waals surface area contributed by atoms with E-state index in [2.05, 4.69) is 15.9 Å². The van der Waals surface area contributed by atoms with Crippen LogP contribution in [0.4, 0.5) is 0 Å². The van der Waals surface area contributed by atoms with E-state index in [1.807, 2.05) is 0 Å². The first-order valence-corrected chi connectivity index (χ1v) is 6.99. The zero-order valence-electron chi connectivity index (χ0n) is 10.9. The van der Waals surface area contributed by atoms with Crippen LogP contribution in [-0.4, -0.2) is 34.5 Å². The molecular formula is C13H16BrNO4. The van der Waals surface area contributed by atoms with E-state index in [9.17, 15) is 9.59 Å². The first kappa shape index (κ1) is 14.1. The van der Waals surface area contributed by atoms with Gasteiger partial charge in [-0.3, -0.25) is 9.59 Å². The molecule has 0 aromatic carbocycles. The van der Waals surface area contributed by atoms with Gasteiger partial charge < -0.3 is 14.4 Å². The van der Waals surface area contributed by atoms with Gasteiger partial charge in [0.25, 0.3) is 5.91 Å². The van der Waals surface area contributed by atoms with Gasteiger partial charge in [-0.25, -0.2) is 0 Å². The fourth-order valence-corrected chi connectivity index (χ4v) is 2.45. The summed E-state index contributed by atoms with van der Waals surface area (Å²) in [4.78, 5) is 25.0. The van der Waals surface area contributed by atoms with Crippen molar-refractivity contribution in [2.75, 3.05) is 6.54 Å². The predicted octanol–water partition coefficient (Wildman–Crippen LogP) is 2.68. The molecule has 1 fully saturated rings. The zero-order chi connectivity index (χ0) is 14.2. The smallest absolute Gasteiger partial charge is 0.308 e. The number of amides is 1. The number of halogens is 1. The van der Waals surface area contributed by atoms with E-state index in [0.29, 0.717) is 4.67 Å². The number of aliphatic carboxylic acids is 1. The predicted molar refractivity (Wildman–Crippen MR) is 72.0 cm³/mol. The molecule has 1 aromatic rings. The SMILES string of the molecule is Cc1cc(Br)oc1C(=O)N(CC(C)C(=O)O)C1CC1. The number of carboxylic acids is 1. The maximum absolute atomic E-state index is 12.4. The summed E-state index contributed by atoms with van der Waals surface area (Å²) in [7, 11) is 0. The van der Waals surface area contributed by atoms with E-state index < -0.39 is 11.9 Å². The molecule has 1 aliphatic rings. The van der Waals surface area contributed by atoms with E-state index in [0.717, 1.165) is 18.4 Å². The van der Waals surface area contributed by atoms with Crippen molar-refractivity contribution in [3.05, 3.63) is 22.1 Å². The normalized spacial score (nSPS) is 16.2. The molecule has 0 aliphatic heterocycles. The lowest BCUT2D eigenvalue weighted by Gasteiger charge is -2.23. The lowest BCUT2D eigenvalue weighted by Crippen LogP contribution is -2.38. The minimum Gasteiger partial charge on any atom is -0.481 e. The molecule has 0 bridgehead atoms. The number of aryl methyl sites for hydroxylation is 1. The molecule has 1 aliphatic carbocycles. The molecule has 19 heavy (non-hydrogen) atoms. The highest BCUT2D eigenvalue weighted by molar-refractivity contribution is 9.10. The van der Waals surface area contributed by atoms with Gasteiger partial charge in [0.1, 0.15) is 0 Å². The molecule has 2 rings (SSSR count). The molecule has 0 radical (unpaired) electrons. The molecule has 1 N–H and O–H groups in total. The van der Waals surface area contributed by atoms with Crippen LogP contribution in [0.2, 0.25) is 0 Å². The summed E-state index contributed by atoms with van der Waals surface area (Å²) in [6, 6.07) is 1.89. The van der Waals surface area contributed by atoms with Crippen molar-refractivity contribution in [2.45, 2.75) is 32.7 Å². The van der Waals surface area contributed by atoms with E-state index in [1.165, 1.54) is 0 Å². The standard InChI is InChI=1S/C13H16BrNO4/c1-7-5-10(14)19-11(7)12(16)15(9-3-4-9)6-8(2)13(17)18/h5,8-9H,3-4,6H2,1-2H3,(H,17,18). The van der Waals surface area contributed by atoms with Crippen molar-refractivity contribution >= 4 is 27.8 Å².